The second kappa shape index (κ2) is 13.8. The molecule has 1 aromatic heterocycles. The van der Waals surface area contributed by atoms with Crippen molar-refractivity contribution in [2.45, 2.75) is 12.0 Å². The van der Waals surface area contributed by atoms with Crippen LogP contribution in [0.5, 0.6) is 0 Å². The summed E-state index contributed by atoms with van der Waals surface area (Å²) in [6.07, 6.45) is 7.28. The van der Waals surface area contributed by atoms with Crippen LogP contribution in [-0.2, 0) is 0 Å². The van der Waals surface area contributed by atoms with Gasteiger partial charge < -0.3 is 9.47 Å². The van der Waals surface area contributed by atoms with Gasteiger partial charge in [-0.15, -0.1) is 0 Å². The number of fused-ring (bicyclic) bond motifs is 12. The zero-order valence-corrected chi connectivity index (χ0v) is 34.0. The van der Waals surface area contributed by atoms with Crippen molar-refractivity contribution in [2.75, 3.05) is 4.90 Å². The molecule has 0 bridgehead atoms. The third-order valence-electron chi connectivity index (χ3n) is 13.5. The average molecular weight is 789 g/mol. The molecule has 10 aromatic carbocycles. The van der Waals surface area contributed by atoms with Crippen LogP contribution in [0.2, 0.25) is 0 Å². The van der Waals surface area contributed by atoms with Crippen LogP contribution in [0, 0.1) is 0 Å². The molecule has 2 atom stereocenters. The maximum atomic E-state index is 2.53. The van der Waals surface area contributed by atoms with Gasteiger partial charge in [0.15, 0.2) is 0 Å². The number of para-hydroxylation sites is 2. The van der Waals surface area contributed by atoms with Gasteiger partial charge >= 0.3 is 0 Å². The molecule has 2 nitrogen and oxygen atoms in total. The molecule has 2 heterocycles. The lowest BCUT2D eigenvalue weighted by molar-refractivity contribution is 0.747. The van der Waals surface area contributed by atoms with Gasteiger partial charge in [-0.1, -0.05) is 176 Å². The first-order valence-corrected chi connectivity index (χ1v) is 21.7. The van der Waals surface area contributed by atoms with E-state index in [0.717, 1.165) is 0 Å². The minimum Gasteiger partial charge on any atom is -0.333 e. The molecule has 0 amide bonds. The van der Waals surface area contributed by atoms with Crippen LogP contribution in [0.3, 0.4) is 0 Å². The van der Waals surface area contributed by atoms with Crippen molar-refractivity contribution >= 4 is 71.1 Å². The lowest BCUT2D eigenvalue weighted by Crippen LogP contribution is -2.28. The van der Waals surface area contributed by atoms with Crippen molar-refractivity contribution < 1.29 is 0 Å². The molecule has 2 aliphatic rings. The Morgan fingerprint density at radius 2 is 0.903 bits per heavy atom. The predicted octanol–water partition coefficient (Wildman–Crippen LogP) is 15.8. The Kier molecular flexibility index (Phi) is 7.77. The molecule has 0 spiro atoms. The Hall–Kier alpha value is -7.94. The van der Waals surface area contributed by atoms with Crippen LogP contribution < -0.4 is 4.90 Å². The summed E-state index contributed by atoms with van der Waals surface area (Å²) in [4.78, 5) is 2.53. The van der Waals surface area contributed by atoms with Crippen LogP contribution in [0.4, 0.5) is 11.4 Å². The molecule has 2 heteroatoms. The molecule has 0 radical (unpaired) electrons. The number of nitrogens with zero attached hydrogens (tertiary/aromatic N) is 2. The number of rotatable bonds is 5. The van der Waals surface area contributed by atoms with Crippen LogP contribution in [0.25, 0.3) is 87.6 Å². The van der Waals surface area contributed by atoms with Crippen molar-refractivity contribution in [3.05, 3.63) is 242 Å². The lowest BCUT2D eigenvalue weighted by Gasteiger charge is -2.30. The number of anilines is 2. The highest BCUT2D eigenvalue weighted by Crippen LogP contribution is 2.50. The summed E-state index contributed by atoms with van der Waals surface area (Å²) in [7, 11) is 0. The minimum atomic E-state index is 0.190. The number of hydrogen-bond acceptors (Lipinski definition) is 1. The molecule has 290 valence electrons. The molecule has 2 unspecified atom stereocenters. The molecule has 0 saturated heterocycles. The standard InChI is InChI=1S/C60H40N2/c1-2-13-39(14-3-1)41-15-12-16-42(35-41)40-25-29-45(30-26-40)61-57-23-10-8-21-52(57)55-36-43(27-33-59(55)61)44-28-34-60-56(37-44)53-22-9-11-24-58(53)62(60)46-31-32-51-49-19-5-4-17-47(49)48-18-6-7-20-50(48)54(51)38-46/h1-38,55,59H. The minimum absolute atomic E-state index is 0.190. The van der Waals surface area contributed by atoms with Gasteiger partial charge in [-0.05, 0) is 126 Å². The van der Waals surface area contributed by atoms with Gasteiger partial charge in [0.1, 0.15) is 0 Å². The van der Waals surface area contributed by atoms with E-state index in [4.69, 9.17) is 0 Å². The van der Waals surface area contributed by atoms with Crippen molar-refractivity contribution in [3.63, 3.8) is 0 Å². The predicted molar refractivity (Wildman–Crippen MR) is 263 cm³/mol. The number of hydrogen-bond donors (Lipinski definition) is 0. The molecule has 0 N–H and O–H groups in total. The molecule has 11 aromatic rings. The maximum absolute atomic E-state index is 2.53. The quantitative estimate of drug-likeness (QED) is 0.158. The van der Waals surface area contributed by atoms with Crippen LogP contribution >= 0.6 is 0 Å². The zero-order valence-electron chi connectivity index (χ0n) is 34.0. The first-order chi connectivity index (χ1) is 30.7. The van der Waals surface area contributed by atoms with Crippen LogP contribution in [0.1, 0.15) is 17.0 Å². The normalized spacial score (nSPS) is 15.7. The fraction of sp³-hybridized carbons (Fsp3) is 0.0333. The van der Waals surface area contributed by atoms with Crippen molar-refractivity contribution in [1.82, 2.24) is 4.57 Å². The molecule has 1 aliphatic carbocycles. The SMILES string of the molecule is C1=CC2C(C=C1c1ccc3c(c1)c1ccccc1n3-c1ccc3c4ccccc4c4ccccc4c3c1)c1ccccc1N2c1ccc(-c2cccc(-c3ccccc3)c2)cc1. The van der Waals surface area contributed by atoms with E-state index in [2.05, 4.69) is 240 Å². The molecular weight excluding hydrogens is 749 g/mol. The van der Waals surface area contributed by atoms with Crippen LogP contribution in [0.15, 0.2) is 231 Å². The summed E-state index contributed by atoms with van der Waals surface area (Å²) in [5, 5.41) is 10.3. The lowest BCUT2D eigenvalue weighted by atomic mass is 9.86. The summed E-state index contributed by atoms with van der Waals surface area (Å²) in [5.74, 6) is 0.231. The first kappa shape index (κ1) is 34.9. The monoisotopic (exact) mass is 788 g/mol. The average Bonchev–Trinajstić information content (AvgIpc) is 3.86. The number of allylic oxidation sites excluding steroid dienone is 2. The third kappa shape index (κ3) is 5.36. The Morgan fingerprint density at radius 3 is 1.66 bits per heavy atom. The Labute approximate surface area is 360 Å². The van der Waals surface area contributed by atoms with E-state index in [1.165, 1.54) is 110 Å². The van der Waals surface area contributed by atoms with Gasteiger partial charge in [-0.3, -0.25) is 0 Å². The highest BCUT2D eigenvalue weighted by Gasteiger charge is 2.38. The third-order valence-corrected chi connectivity index (χ3v) is 13.5. The van der Waals surface area contributed by atoms with E-state index in [1.54, 1.807) is 0 Å². The molecule has 1 aliphatic heterocycles. The Bertz CT molecular complexity index is 3610. The highest BCUT2D eigenvalue weighted by molar-refractivity contribution is 6.25. The largest absolute Gasteiger partial charge is 0.333 e. The van der Waals surface area contributed by atoms with E-state index in [1.807, 2.05) is 0 Å². The van der Waals surface area contributed by atoms with Crippen molar-refractivity contribution in [1.29, 1.82) is 0 Å². The van der Waals surface area contributed by atoms with Gasteiger partial charge in [-0.2, -0.15) is 0 Å². The molecule has 0 saturated carbocycles. The van der Waals surface area contributed by atoms with Crippen LogP contribution in [-0.4, -0.2) is 10.6 Å². The second-order valence-corrected chi connectivity index (χ2v) is 16.8. The molecular formula is C60H40N2. The smallest absolute Gasteiger partial charge is 0.0630 e. The van der Waals surface area contributed by atoms with Crippen molar-refractivity contribution in [3.8, 4) is 27.9 Å². The summed E-state index contributed by atoms with van der Waals surface area (Å²) in [5.41, 5.74) is 14.9. The fourth-order valence-electron chi connectivity index (χ4n) is 10.6. The van der Waals surface area contributed by atoms with Gasteiger partial charge in [0.25, 0.3) is 0 Å². The highest BCUT2D eigenvalue weighted by atomic mass is 15.2. The second-order valence-electron chi connectivity index (χ2n) is 16.8. The molecule has 0 fully saturated rings. The zero-order chi connectivity index (χ0) is 40.7. The Morgan fingerprint density at radius 1 is 0.339 bits per heavy atom. The summed E-state index contributed by atoms with van der Waals surface area (Å²) in [6, 6.07) is 78.4. The Balaban J connectivity index is 0.867. The molecule has 62 heavy (non-hydrogen) atoms. The maximum Gasteiger partial charge on any atom is 0.0630 e. The number of benzene rings is 10. The summed E-state index contributed by atoms with van der Waals surface area (Å²) < 4.78 is 2.45. The summed E-state index contributed by atoms with van der Waals surface area (Å²) in [6.45, 7) is 0. The first-order valence-electron chi connectivity index (χ1n) is 21.7. The van der Waals surface area contributed by atoms with E-state index in [9.17, 15) is 0 Å². The van der Waals surface area contributed by atoms with E-state index in [-0.39, 0.29) is 12.0 Å². The number of aromatic nitrogens is 1. The van der Waals surface area contributed by atoms with Gasteiger partial charge in [-0.25, -0.2) is 0 Å². The summed E-state index contributed by atoms with van der Waals surface area (Å²) >= 11 is 0. The topological polar surface area (TPSA) is 8.17 Å². The van der Waals surface area contributed by atoms with Gasteiger partial charge in [0.2, 0.25) is 0 Å². The van der Waals surface area contributed by atoms with Gasteiger partial charge in [0.05, 0.1) is 17.1 Å². The van der Waals surface area contributed by atoms with E-state index in [0.29, 0.717) is 0 Å². The van der Waals surface area contributed by atoms with E-state index < -0.39 is 0 Å². The molecule has 13 rings (SSSR count). The van der Waals surface area contributed by atoms with Gasteiger partial charge in [0, 0.05) is 33.8 Å². The van der Waals surface area contributed by atoms with E-state index >= 15 is 0 Å². The van der Waals surface area contributed by atoms with Crippen molar-refractivity contribution in [2.24, 2.45) is 0 Å². The fourth-order valence-corrected chi connectivity index (χ4v) is 10.6.